The second-order valence-electron chi connectivity index (χ2n) is 4.65. The number of nitrogens with one attached hydrogen (secondary N) is 1. The van der Waals surface area contributed by atoms with Crippen LogP contribution in [0.15, 0.2) is 28.7 Å². The molecule has 0 atom stereocenters. The number of rotatable bonds is 1. The first-order chi connectivity index (χ1) is 7.18. The zero-order valence-corrected chi connectivity index (χ0v) is 9.77. The van der Waals surface area contributed by atoms with Crippen molar-refractivity contribution >= 4 is 5.71 Å². The van der Waals surface area contributed by atoms with Crippen molar-refractivity contribution in [2.45, 2.75) is 46.0 Å². The van der Waals surface area contributed by atoms with E-state index in [1.807, 2.05) is 6.92 Å². The van der Waals surface area contributed by atoms with Crippen LogP contribution in [0.25, 0.3) is 0 Å². The van der Waals surface area contributed by atoms with Crippen LogP contribution in [-0.4, -0.2) is 5.71 Å². The van der Waals surface area contributed by atoms with Crippen LogP contribution in [0.3, 0.4) is 0 Å². The SMILES string of the molecule is C=C1NC(C)=C(C2CCCCC2)N=C1C. The Hall–Kier alpha value is -1.05. The molecule has 2 rings (SSSR count). The molecule has 0 spiro atoms. The van der Waals surface area contributed by atoms with Gasteiger partial charge in [-0.05, 0) is 26.7 Å². The maximum absolute atomic E-state index is 4.70. The molecule has 0 radical (unpaired) electrons. The van der Waals surface area contributed by atoms with E-state index in [1.165, 1.54) is 43.5 Å². The Morgan fingerprint density at radius 1 is 1.20 bits per heavy atom. The number of allylic oxidation sites excluding steroid dienone is 3. The summed E-state index contributed by atoms with van der Waals surface area (Å²) in [6, 6.07) is 0. The van der Waals surface area contributed by atoms with Gasteiger partial charge in [-0.1, -0.05) is 25.8 Å². The quantitative estimate of drug-likeness (QED) is 0.695. The van der Waals surface area contributed by atoms with Crippen molar-refractivity contribution in [3.8, 4) is 0 Å². The largest absolute Gasteiger partial charge is 0.357 e. The molecular formula is C13H20N2. The fourth-order valence-corrected chi connectivity index (χ4v) is 2.49. The molecule has 0 aromatic rings. The van der Waals surface area contributed by atoms with Crippen molar-refractivity contribution in [1.29, 1.82) is 0 Å². The van der Waals surface area contributed by atoms with Gasteiger partial charge in [0.15, 0.2) is 0 Å². The van der Waals surface area contributed by atoms with Crippen molar-refractivity contribution in [2.75, 3.05) is 0 Å². The minimum atomic E-state index is 0.675. The second-order valence-corrected chi connectivity index (χ2v) is 4.65. The Kier molecular flexibility index (Phi) is 2.94. The first kappa shape index (κ1) is 10.5. The molecule has 0 bridgehead atoms. The Morgan fingerprint density at radius 2 is 1.87 bits per heavy atom. The molecule has 0 aromatic carbocycles. The highest BCUT2D eigenvalue weighted by molar-refractivity contribution is 5.98. The zero-order chi connectivity index (χ0) is 10.8. The third-order valence-corrected chi connectivity index (χ3v) is 3.44. The van der Waals surface area contributed by atoms with Crippen LogP contribution in [0.4, 0.5) is 0 Å². The highest BCUT2D eigenvalue weighted by Crippen LogP contribution is 2.33. The van der Waals surface area contributed by atoms with Gasteiger partial charge < -0.3 is 5.32 Å². The molecule has 1 aliphatic carbocycles. The molecule has 1 fully saturated rings. The molecule has 0 unspecified atom stereocenters. The topological polar surface area (TPSA) is 24.4 Å². The number of hydrogen-bond acceptors (Lipinski definition) is 2. The lowest BCUT2D eigenvalue weighted by molar-refractivity contribution is 0.396. The molecule has 82 valence electrons. The molecule has 2 nitrogen and oxygen atoms in total. The zero-order valence-electron chi connectivity index (χ0n) is 9.77. The first-order valence-electron chi connectivity index (χ1n) is 5.91. The predicted octanol–water partition coefficient (Wildman–Crippen LogP) is 3.38. The third-order valence-electron chi connectivity index (χ3n) is 3.44. The number of hydrogen-bond donors (Lipinski definition) is 1. The Morgan fingerprint density at radius 3 is 2.53 bits per heavy atom. The van der Waals surface area contributed by atoms with Crippen molar-refractivity contribution in [3.63, 3.8) is 0 Å². The Bertz CT molecular complexity index is 330. The van der Waals surface area contributed by atoms with E-state index in [-0.39, 0.29) is 0 Å². The fraction of sp³-hybridized carbons (Fsp3) is 0.615. The minimum Gasteiger partial charge on any atom is -0.357 e. The summed E-state index contributed by atoms with van der Waals surface area (Å²) in [6.45, 7) is 8.10. The van der Waals surface area contributed by atoms with Crippen LogP contribution >= 0.6 is 0 Å². The molecule has 2 heteroatoms. The van der Waals surface area contributed by atoms with Crippen LogP contribution in [-0.2, 0) is 0 Å². The smallest absolute Gasteiger partial charge is 0.0627 e. The van der Waals surface area contributed by atoms with Gasteiger partial charge in [-0.15, -0.1) is 0 Å². The first-order valence-corrected chi connectivity index (χ1v) is 5.91. The van der Waals surface area contributed by atoms with Crippen molar-refractivity contribution < 1.29 is 0 Å². The maximum Gasteiger partial charge on any atom is 0.0627 e. The van der Waals surface area contributed by atoms with Crippen molar-refractivity contribution in [3.05, 3.63) is 23.7 Å². The highest BCUT2D eigenvalue weighted by Gasteiger charge is 2.22. The second kappa shape index (κ2) is 4.21. The molecule has 0 amide bonds. The lowest BCUT2D eigenvalue weighted by Gasteiger charge is -2.27. The molecular weight excluding hydrogens is 184 g/mol. The van der Waals surface area contributed by atoms with Gasteiger partial charge >= 0.3 is 0 Å². The van der Waals surface area contributed by atoms with E-state index in [4.69, 9.17) is 4.99 Å². The van der Waals surface area contributed by atoms with E-state index >= 15 is 0 Å². The summed E-state index contributed by atoms with van der Waals surface area (Å²) in [5.41, 5.74) is 4.48. The van der Waals surface area contributed by atoms with Gasteiger partial charge in [0.25, 0.3) is 0 Å². The summed E-state index contributed by atoms with van der Waals surface area (Å²) in [5.74, 6) is 0.675. The summed E-state index contributed by atoms with van der Waals surface area (Å²) >= 11 is 0. The van der Waals surface area contributed by atoms with Gasteiger partial charge in [0.05, 0.1) is 17.1 Å². The van der Waals surface area contributed by atoms with E-state index < -0.39 is 0 Å². The molecule has 0 aromatic heterocycles. The van der Waals surface area contributed by atoms with Crippen molar-refractivity contribution in [1.82, 2.24) is 5.32 Å². The summed E-state index contributed by atoms with van der Waals surface area (Å²) in [5, 5.41) is 3.33. The summed E-state index contributed by atoms with van der Waals surface area (Å²) in [4.78, 5) is 4.70. The molecule has 1 heterocycles. The van der Waals surface area contributed by atoms with Gasteiger partial charge in [0.2, 0.25) is 0 Å². The molecule has 15 heavy (non-hydrogen) atoms. The summed E-state index contributed by atoms with van der Waals surface area (Å²) in [6.07, 6.45) is 6.72. The molecule has 2 aliphatic rings. The Labute approximate surface area is 92.2 Å². The lowest BCUT2D eigenvalue weighted by Crippen LogP contribution is -2.25. The predicted molar refractivity (Wildman–Crippen MR) is 64.7 cm³/mol. The Balaban J connectivity index is 2.20. The van der Waals surface area contributed by atoms with E-state index in [0.29, 0.717) is 5.92 Å². The molecule has 1 aliphatic heterocycles. The number of nitrogens with zero attached hydrogens (tertiary/aromatic N) is 1. The van der Waals surface area contributed by atoms with Crippen LogP contribution in [0.2, 0.25) is 0 Å². The van der Waals surface area contributed by atoms with Crippen LogP contribution in [0.5, 0.6) is 0 Å². The summed E-state index contributed by atoms with van der Waals surface area (Å²) in [7, 11) is 0. The van der Waals surface area contributed by atoms with Gasteiger partial charge in [-0.3, -0.25) is 4.99 Å². The van der Waals surface area contributed by atoms with Crippen LogP contribution in [0, 0.1) is 5.92 Å². The fourth-order valence-electron chi connectivity index (χ4n) is 2.49. The molecule has 1 saturated carbocycles. The van der Waals surface area contributed by atoms with Crippen LogP contribution < -0.4 is 5.32 Å². The lowest BCUT2D eigenvalue weighted by atomic mass is 9.86. The van der Waals surface area contributed by atoms with E-state index in [1.54, 1.807) is 0 Å². The van der Waals surface area contributed by atoms with Gasteiger partial charge in [0.1, 0.15) is 0 Å². The van der Waals surface area contributed by atoms with Crippen molar-refractivity contribution in [2.24, 2.45) is 10.9 Å². The average Bonchev–Trinajstić information content (AvgIpc) is 2.25. The standard InChI is InChI=1S/C13H20N2/c1-9-10(2)15-13(11(3)14-9)12-7-5-4-6-8-12/h12,14H,1,4-8H2,2-3H3. The van der Waals surface area contributed by atoms with Gasteiger partial charge in [-0.2, -0.15) is 0 Å². The third kappa shape index (κ3) is 2.14. The minimum absolute atomic E-state index is 0.675. The van der Waals surface area contributed by atoms with E-state index in [0.717, 1.165) is 11.4 Å². The molecule has 0 saturated heterocycles. The van der Waals surface area contributed by atoms with E-state index in [2.05, 4.69) is 18.8 Å². The normalized spacial score (nSPS) is 23.9. The van der Waals surface area contributed by atoms with Gasteiger partial charge in [-0.25, -0.2) is 0 Å². The molecule has 1 N–H and O–H groups in total. The summed E-state index contributed by atoms with van der Waals surface area (Å²) < 4.78 is 0. The monoisotopic (exact) mass is 204 g/mol. The van der Waals surface area contributed by atoms with Crippen LogP contribution in [0.1, 0.15) is 46.0 Å². The van der Waals surface area contributed by atoms with E-state index in [9.17, 15) is 0 Å². The highest BCUT2D eigenvalue weighted by atomic mass is 15.0. The number of aliphatic imine (C=N–C) groups is 1. The van der Waals surface area contributed by atoms with Gasteiger partial charge in [0, 0.05) is 11.6 Å². The maximum atomic E-state index is 4.70. The average molecular weight is 204 g/mol.